The first-order valence-corrected chi connectivity index (χ1v) is 8.04. The average Bonchev–Trinajstić information content (AvgIpc) is 3.14. The lowest BCUT2D eigenvalue weighted by atomic mass is 9.83. The van der Waals surface area contributed by atoms with Crippen molar-refractivity contribution in [3.63, 3.8) is 0 Å². The Bertz CT molecular complexity index is 804. The lowest BCUT2D eigenvalue weighted by molar-refractivity contribution is -0.122. The van der Waals surface area contributed by atoms with Gasteiger partial charge in [0.25, 0.3) is 5.91 Å². The van der Waals surface area contributed by atoms with Crippen LogP contribution in [0.3, 0.4) is 0 Å². The number of carbonyl (C=O) groups is 2. The van der Waals surface area contributed by atoms with Crippen LogP contribution in [-0.2, 0) is 9.53 Å². The van der Waals surface area contributed by atoms with Gasteiger partial charge in [-0.2, -0.15) is 5.10 Å². The van der Waals surface area contributed by atoms with Gasteiger partial charge in [-0.3, -0.25) is 9.59 Å². The van der Waals surface area contributed by atoms with E-state index < -0.39 is 5.54 Å². The number of hydrogen-bond donors (Lipinski definition) is 1. The standard InChI is InChI=1S/C16H19N5O3/c1-11(22)19-16-4-6-24-9-12(16)8-20(10-16)15(23)13-7-17-14-3-2-5-18-21(13)14/h2-3,5,7,12H,4,6,8-10H2,1H3,(H,19,22)/t12-,16+/m0/s1. The van der Waals surface area contributed by atoms with Crippen LogP contribution in [0.15, 0.2) is 24.5 Å². The van der Waals surface area contributed by atoms with Gasteiger partial charge in [0.1, 0.15) is 0 Å². The average molecular weight is 329 g/mol. The molecule has 2 aromatic heterocycles. The van der Waals surface area contributed by atoms with Crippen LogP contribution in [-0.4, -0.2) is 63.2 Å². The Labute approximate surface area is 138 Å². The molecule has 2 amide bonds. The molecule has 2 aliphatic heterocycles. The van der Waals surface area contributed by atoms with Crippen molar-refractivity contribution in [2.45, 2.75) is 18.9 Å². The third-order valence-corrected chi connectivity index (χ3v) is 4.92. The molecule has 4 heterocycles. The predicted molar refractivity (Wildman–Crippen MR) is 84.4 cm³/mol. The van der Waals surface area contributed by atoms with Crippen LogP contribution in [0, 0.1) is 5.92 Å². The first-order chi connectivity index (χ1) is 11.6. The molecule has 0 spiro atoms. The quantitative estimate of drug-likeness (QED) is 0.844. The van der Waals surface area contributed by atoms with Crippen LogP contribution >= 0.6 is 0 Å². The van der Waals surface area contributed by atoms with Gasteiger partial charge in [-0.25, -0.2) is 9.50 Å². The van der Waals surface area contributed by atoms with Gasteiger partial charge in [0.15, 0.2) is 11.3 Å². The Morgan fingerprint density at radius 2 is 2.33 bits per heavy atom. The van der Waals surface area contributed by atoms with E-state index in [9.17, 15) is 9.59 Å². The maximum absolute atomic E-state index is 13.0. The minimum Gasteiger partial charge on any atom is -0.381 e. The molecule has 0 aliphatic carbocycles. The Morgan fingerprint density at radius 1 is 1.46 bits per heavy atom. The second-order valence-electron chi connectivity index (χ2n) is 6.48. The van der Waals surface area contributed by atoms with E-state index >= 15 is 0 Å². The maximum atomic E-state index is 13.0. The van der Waals surface area contributed by atoms with Gasteiger partial charge >= 0.3 is 0 Å². The van der Waals surface area contributed by atoms with Crippen LogP contribution in [0.4, 0.5) is 0 Å². The number of carbonyl (C=O) groups excluding carboxylic acids is 2. The van der Waals surface area contributed by atoms with E-state index in [4.69, 9.17) is 4.74 Å². The van der Waals surface area contributed by atoms with Gasteiger partial charge in [0, 0.05) is 38.7 Å². The van der Waals surface area contributed by atoms with Gasteiger partial charge < -0.3 is 15.0 Å². The first-order valence-electron chi connectivity index (χ1n) is 8.04. The smallest absolute Gasteiger partial charge is 0.274 e. The van der Waals surface area contributed by atoms with Gasteiger partial charge in [-0.15, -0.1) is 0 Å². The number of fused-ring (bicyclic) bond motifs is 2. The molecule has 2 fully saturated rings. The molecule has 2 atom stereocenters. The van der Waals surface area contributed by atoms with Crippen molar-refractivity contribution >= 4 is 17.5 Å². The Kier molecular flexibility index (Phi) is 3.49. The third kappa shape index (κ3) is 2.34. The zero-order chi connectivity index (χ0) is 16.7. The number of imidazole rings is 1. The maximum Gasteiger partial charge on any atom is 0.274 e. The second kappa shape index (κ2) is 5.55. The fraction of sp³-hybridized carbons (Fsp3) is 0.500. The molecular formula is C16H19N5O3. The summed E-state index contributed by atoms with van der Waals surface area (Å²) in [6.45, 7) is 3.70. The highest BCUT2D eigenvalue weighted by Gasteiger charge is 2.50. The number of ether oxygens (including phenoxy) is 1. The fourth-order valence-corrected chi connectivity index (χ4v) is 3.80. The Morgan fingerprint density at radius 3 is 3.17 bits per heavy atom. The van der Waals surface area contributed by atoms with E-state index in [1.54, 1.807) is 33.9 Å². The van der Waals surface area contributed by atoms with Crippen LogP contribution < -0.4 is 5.32 Å². The summed E-state index contributed by atoms with van der Waals surface area (Å²) >= 11 is 0. The van der Waals surface area contributed by atoms with Crippen molar-refractivity contribution in [2.24, 2.45) is 5.92 Å². The van der Waals surface area contributed by atoms with E-state index in [2.05, 4.69) is 15.4 Å². The van der Waals surface area contributed by atoms with E-state index in [0.29, 0.717) is 44.1 Å². The van der Waals surface area contributed by atoms with E-state index in [0.717, 1.165) is 0 Å². The second-order valence-corrected chi connectivity index (χ2v) is 6.48. The van der Waals surface area contributed by atoms with Gasteiger partial charge in [-0.1, -0.05) is 0 Å². The molecular weight excluding hydrogens is 310 g/mol. The highest BCUT2D eigenvalue weighted by molar-refractivity contribution is 5.93. The number of nitrogens with zero attached hydrogens (tertiary/aromatic N) is 4. The summed E-state index contributed by atoms with van der Waals surface area (Å²) < 4.78 is 7.11. The van der Waals surface area contributed by atoms with Crippen molar-refractivity contribution in [3.8, 4) is 0 Å². The molecule has 8 nitrogen and oxygen atoms in total. The first kappa shape index (κ1) is 15.1. The summed E-state index contributed by atoms with van der Waals surface area (Å²) in [4.78, 5) is 30.6. The minimum atomic E-state index is -0.395. The van der Waals surface area contributed by atoms with Gasteiger partial charge in [-0.05, 0) is 18.6 Å². The summed E-state index contributed by atoms with van der Waals surface area (Å²) in [6, 6.07) is 3.59. The summed E-state index contributed by atoms with van der Waals surface area (Å²) in [5, 5.41) is 7.28. The number of aromatic nitrogens is 3. The third-order valence-electron chi connectivity index (χ3n) is 4.92. The Balaban J connectivity index is 1.63. The molecule has 0 bridgehead atoms. The summed E-state index contributed by atoms with van der Waals surface area (Å²) in [6.07, 6.45) is 3.89. The molecule has 0 aromatic carbocycles. The largest absolute Gasteiger partial charge is 0.381 e. The summed E-state index contributed by atoms with van der Waals surface area (Å²) in [5.41, 5.74) is 0.675. The van der Waals surface area contributed by atoms with Gasteiger partial charge in [0.05, 0.1) is 18.3 Å². The molecule has 0 saturated carbocycles. The fourth-order valence-electron chi connectivity index (χ4n) is 3.80. The van der Waals surface area contributed by atoms with Crippen LogP contribution in [0.25, 0.3) is 5.65 Å². The van der Waals surface area contributed by atoms with Crippen molar-refractivity contribution in [1.82, 2.24) is 24.8 Å². The zero-order valence-electron chi connectivity index (χ0n) is 13.4. The lowest BCUT2D eigenvalue weighted by Crippen LogP contribution is -2.57. The number of nitrogens with one attached hydrogen (secondary N) is 1. The van der Waals surface area contributed by atoms with E-state index in [1.165, 1.54) is 6.92 Å². The number of hydrogen-bond acceptors (Lipinski definition) is 5. The molecule has 8 heteroatoms. The summed E-state index contributed by atoms with van der Waals surface area (Å²) in [7, 11) is 0. The van der Waals surface area contributed by atoms with Crippen LogP contribution in [0.5, 0.6) is 0 Å². The molecule has 0 unspecified atom stereocenters. The zero-order valence-corrected chi connectivity index (χ0v) is 13.4. The number of likely N-dealkylation sites (tertiary alicyclic amines) is 1. The normalized spacial score (nSPS) is 26.4. The molecule has 4 rings (SSSR count). The van der Waals surface area contributed by atoms with Crippen molar-refractivity contribution in [3.05, 3.63) is 30.2 Å². The topological polar surface area (TPSA) is 88.8 Å². The minimum absolute atomic E-state index is 0.0762. The Hall–Kier alpha value is -2.48. The molecule has 1 N–H and O–H groups in total. The van der Waals surface area contributed by atoms with E-state index in [1.807, 2.05) is 0 Å². The highest BCUT2D eigenvalue weighted by Crippen LogP contribution is 2.35. The van der Waals surface area contributed by atoms with Gasteiger partial charge in [0.2, 0.25) is 5.91 Å². The number of rotatable bonds is 2. The molecule has 2 saturated heterocycles. The molecule has 2 aliphatic rings. The molecule has 2 aromatic rings. The van der Waals surface area contributed by atoms with Crippen LogP contribution in [0.1, 0.15) is 23.8 Å². The SMILES string of the molecule is CC(=O)N[C@@]12CCOC[C@@H]1CN(C(=O)c1cnc3cccnn13)C2. The molecule has 0 radical (unpaired) electrons. The van der Waals surface area contributed by atoms with Crippen LogP contribution in [0.2, 0.25) is 0 Å². The lowest BCUT2D eigenvalue weighted by Gasteiger charge is -2.38. The molecule has 126 valence electrons. The summed E-state index contributed by atoms with van der Waals surface area (Å²) in [5.74, 6) is -0.0979. The van der Waals surface area contributed by atoms with E-state index in [-0.39, 0.29) is 17.7 Å². The predicted octanol–water partition coefficient (Wildman–Crippen LogP) is 0.0965. The van der Waals surface area contributed by atoms with Crippen molar-refractivity contribution in [2.75, 3.05) is 26.3 Å². The highest BCUT2D eigenvalue weighted by atomic mass is 16.5. The monoisotopic (exact) mass is 329 g/mol. The number of amides is 2. The van der Waals surface area contributed by atoms with Crippen molar-refractivity contribution < 1.29 is 14.3 Å². The molecule has 24 heavy (non-hydrogen) atoms. The van der Waals surface area contributed by atoms with Crippen molar-refractivity contribution in [1.29, 1.82) is 0 Å².